The molecule has 0 saturated heterocycles. The van der Waals surface area contributed by atoms with Gasteiger partial charge >= 0.3 is 0 Å². The van der Waals surface area contributed by atoms with Gasteiger partial charge < -0.3 is 0 Å². The van der Waals surface area contributed by atoms with Crippen molar-refractivity contribution < 1.29 is 0 Å². The Morgan fingerprint density at radius 3 is 2.46 bits per heavy atom. The summed E-state index contributed by atoms with van der Waals surface area (Å²) in [6.45, 7) is 6.26. The molecule has 0 saturated carbocycles. The molecule has 0 amide bonds. The summed E-state index contributed by atoms with van der Waals surface area (Å²) in [6.07, 6.45) is 6.35. The van der Waals surface area contributed by atoms with Crippen molar-refractivity contribution in [2.75, 3.05) is 0 Å². The van der Waals surface area contributed by atoms with Gasteiger partial charge in [-0.05, 0) is 36.8 Å². The van der Waals surface area contributed by atoms with E-state index in [-0.39, 0.29) is 0 Å². The lowest BCUT2D eigenvalue weighted by Gasteiger charge is -1.93. The zero-order valence-corrected chi connectivity index (χ0v) is 8.54. The molecule has 0 bridgehead atoms. The van der Waals surface area contributed by atoms with Crippen LogP contribution >= 0.6 is 0 Å². The van der Waals surface area contributed by atoms with E-state index in [0.717, 1.165) is 0 Å². The molecule has 0 heteroatoms. The first kappa shape index (κ1) is 9.79. The Morgan fingerprint density at radius 2 is 1.85 bits per heavy atom. The lowest BCUT2D eigenvalue weighted by Crippen LogP contribution is -2.24. The van der Waals surface area contributed by atoms with Crippen LogP contribution in [0.4, 0.5) is 0 Å². The predicted molar refractivity (Wildman–Crippen MR) is 59.7 cm³/mol. The van der Waals surface area contributed by atoms with Crippen LogP contribution in [-0.2, 0) is 0 Å². The maximum atomic E-state index is 2.16. The van der Waals surface area contributed by atoms with Crippen molar-refractivity contribution in [3.63, 3.8) is 0 Å². The molecule has 1 rings (SSSR count). The SMILES string of the molecule is C\C=C/C(C)=c1/cccc/c1=C\C. The standard InChI is InChI=1S/C13H16/c1-4-8-11(3)13-10-7-6-9-12(13)5-2/h4-10H,1-3H3/b8-4-,12-5+,13-11-. The average Bonchev–Trinajstić information content (AvgIpc) is 2.18. The van der Waals surface area contributed by atoms with Gasteiger partial charge in [0.05, 0.1) is 0 Å². The van der Waals surface area contributed by atoms with Crippen LogP contribution in [0.3, 0.4) is 0 Å². The Kier molecular flexibility index (Phi) is 3.51. The van der Waals surface area contributed by atoms with E-state index < -0.39 is 0 Å². The molecule has 0 aliphatic carbocycles. The van der Waals surface area contributed by atoms with Crippen molar-refractivity contribution in [1.82, 2.24) is 0 Å². The average molecular weight is 172 g/mol. The van der Waals surface area contributed by atoms with Gasteiger partial charge in [-0.3, -0.25) is 0 Å². The minimum atomic E-state index is 1.30. The largest absolute Gasteiger partial charge is 0.0874 e. The van der Waals surface area contributed by atoms with Crippen LogP contribution < -0.4 is 10.4 Å². The van der Waals surface area contributed by atoms with Crippen molar-refractivity contribution in [2.24, 2.45) is 0 Å². The van der Waals surface area contributed by atoms with Gasteiger partial charge in [0.2, 0.25) is 0 Å². The number of hydrogen-bond donors (Lipinski definition) is 0. The molecule has 0 unspecified atom stereocenters. The van der Waals surface area contributed by atoms with Crippen LogP contribution in [0.15, 0.2) is 36.4 Å². The van der Waals surface area contributed by atoms with Crippen LogP contribution in [0, 0.1) is 0 Å². The number of rotatable bonds is 1. The Hall–Kier alpha value is -1.30. The molecule has 0 spiro atoms. The fraction of sp³-hybridized carbons (Fsp3) is 0.231. The maximum Gasteiger partial charge on any atom is -0.0158 e. The summed E-state index contributed by atoms with van der Waals surface area (Å²) >= 11 is 0. The van der Waals surface area contributed by atoms with Gasteiger partial charge in [-0.2, -0.15) is 0 Å². The molecule has 0 N–H and O–H groups in total. The summed E-state index contributed by atoms with van der Waals surface area (Å²) in [5, 5.41) is 2.63. The first-order chi connectivity index (χ1) is 6.29. The molecule has 0 nitrogen and oxygen atoms in total. The van der Waals surface area contributed by atoms with E-state index in [2.05, 4.69) is 56.3 Å². The van der Waals surface area contributed by atoms with Crippen LogP contribution in [0.2, 0.25) is 0 Å². The second-order valence-corrected chi connectivity index (χ2v) is 3.06. The summed E-state index contributed by atoms with van der Waals surface area (Å²) in [5.74, 6) is 0. The van der Waals surface area contributed by atoms with Gasteiger partial charge in [-0.1, -0.05) is 42.5 Å². The Labute approximate surface area is 79.9 Å². The molecule has 1 aromatic rings. The lowest BCUT2D eigenvalue weighted by molar-refractivity contribution is 1.46. The van der Waals surface area contributed by atoms with E-state index >= 15 is 0 Å². The molecule has 13 heavy (non-hydrogen) atoms. The third-order valence-corrected chi connectivity index (χ3v) is 2.11. The Balaban J connectivity index is 3.54. The first-order valence-electron chi connectivity index (χ1n) is 4.64. The highest BCUT2D eigenvalue weighted by Crippen LogP contribution is 1.90. The molecule has 0 aliphatic heterocycles. The Morgan fingerprint density at radius 1 is 1.15 bits per heavy atom. The number of benzene rings is 1. The molecule has 0 aliphatic rings. The van der Waals surface area contributed by atoms with E-state index in [4.69, 9.17) is 0 Å². The predicted octanol–water partition coefficient (Wildman–Crippen LogP) is 2.23. The number of allylic oxidation sites excluding steroid dienone is 2. The van der Waals surface area contributed by atoms with E-state index in [1.54, 1.807) is 0 Å². The summed E-state index contributed by atoms with van der Waals surface area (Å²) in [5.41, 5.74) is 1.32. The van der Waals surface area contributed by atoms with Gasteiger partial charge in [0.1, 0.15) is 0 Å². The molecular weight excluding hydrogens is 156 g/mol. The van der Waals surface area contributed by atoms with Gasteiger partial charge in [0.25, 0.3) is 0 Å². The quantitative estimate of drug-likeness (QED) is 0.609. The van der Waals surface area contributed by atoms with Crippen LogP contribution in [0.25, 0.3) is 11.6 Å². The lowest BCUT2D eigenvalue weighted by atomic mass is 10.1. The fourth-order valence-corrected chi connectivity index (χ4v) is 1.45. The van der Waals surface area contributed by atoms with Crippen molar-refractivity contribution in [3.05, 3.63) is 46.9 Å². The molecule has 0 radical (unpaired) electrons. The third kappa shape index (κ3) is 2.32. The molecule has 0 heterocycles. The van der Waals surface area contributed by atoms with Gasteiger partial charge in [-0.25, -0.2) is 0 Å². The van der Waals surface area contributed by atoms with E-state index in [1.165, 1.54) is 16.0 Å². The molecular formula is C13H16. The van der Waals surface area contributed by atoms with E-state index in [0.29, 0.717) is 0 Å². The van der Waals surface area contributed by atoms with E-state index in [1.807, 2.05) is 6.92 Å². The van der Waals surface area contributed by atoms with Crippen molar-refractivity contribution in [3.8, 4) is 0 Å². The molecule has 1 aromatic carbocycles. The van der Waals surface area contributed by atoms with Crippen molar-refractivity contribution >= 4 is 11.6 Å². The summed E-state index contributed by atoms with van der Waals surface area (Å²) in [7, 11) is 0. The fourth-order valence-electron chi connectivity index (χ4n) is 1.45. The zero-order valence-electron chi connectivity index (χ0n) is 8.54. The first-order valence-corrected chi connectivity index (χ1v) is 4.64. The van der Waals surface area contributed by atoms with Crippen LogP contribution in [0.5, 0.6) is 0 Å². The van der Waals surface area contributed by atoms with Gasteiger partial charge in [0.15, 0.2) is 0 Å². The van der Waals surface area contributed by atoms with Gasteiger partial charge in [-0.15, -0.1) is 0 Å². The zero-order chi connectivity index (χ0) is 9.68. The molecule has 0 fully saturated rings. The second-order valence-electron chi connectivity index (χ2n) is 3.06. The van der Waals surface area contributed by atoms with Crippen LogP contribution in [-0.4, -0.2) is 0 Å². The van der Waals surface area contributed by atoms with Crippen LogP contribution in [0.1, 0.15) is 20.8 Å². The topological polar surface area (TPSA) is 0 Å². The summed E-state index contributed by atoms with van der Waals surface area (Å²) < 4.78 is 0. The summed E-state index contributed by atoms with van der Waals surface area (Å²) in [4.78, 5) is 0. The maximum absolute atomic E-state index is 2.16. The molecule has 0 atom stereocenters. The Bertz CT molecular complexity index is 408. The normalized spacial score (nSPS) is 15.2. The highest BCUT2D eigenvalue weighted by atomic mass is 13.9. The minimum Gasteiger partial charge on any atom is -0.0874 e. The smallest absolute Gasteiger partial charge is 0.0158 e. The summed E-state index contributed by atoms with van der Waals surface area (Å²) in [6, 6.07) is 8.45. The van der Waals surface area contributed by atoms with Crippen molar-refractivity contribution in [1.29, 1.82) is 0 Å². The number of hydrogen-bond acceptors (Lipinski definition) is 0. The van der Waals surface area contributed by atoms with Crippen molar-refractivity contribution in [2.45, 2.75) is 20.8 Å². The molecule has 68 valence electrons. The van der Waals surface area contributed by atoms with E-state index in [9.17, 15) is 0 Å². The molecule has 0 aromatic heterocycles. The van der Waals surface area contributed by atoms with Gasteiger partial charge in [0, 0.05) is 0 Å². The third-order valence-electron chi connectivity index (χ3n) is 2.11. The highest BCUT2D eigenvalue weighted by Gasteiger charge is 1.86. The second kappa shape index (κ2) is 4.66. The minimum absolute atomic E-state index is 1.30. The highest BCUT2D eigenvalue weighted by molar-refractivity contribution is 5.54. The monoisotopic (exact) mass is 172 g/mol.